The van der Waals surface area contributed by atoms with Crippen molar-refractivity contribution in [3.05, 3.63) is 33.6 Å². The van der Waals surface area contributed by atoms with Crippen LogP contribution in [0, 0.1) is 5.82 Å². The molecule has 1 aromatic carbocycles. The molecule has 0 aromatic heterocycles. The van der Waals surface area contributed by atoms with Gasteiger partial charge in [-0.2, -0.15) is 0 Å². The van der Waals surface area contributed by atoms with E-state index in [1.165, 1.54) is 0 Å². The Balaban J connectivity index is 2.95. The van der Waals surface area contributed by atoms with Gasteiger partial charge < -0.3 is 10.4 Å². The monoisotopic (exact) mass is 265 g/mol. The molecule has 7 heteroatoms. The van der Waals surface area contributed by atoms with Crippen molar-refractivity contribution in [2.75, 3.05) is 6.54 Å². The van der Waals surface area contributed by atoms with Crippen LogP contribution in [0.25, 0.3) is 0 Å². The molecular weight excluding hydrogens is 260 g/mol. The number of hydrogen-bond acceptors (Lipinski definition) is 2. The van der Waals surface area contributed by atoms with E-state index in [0.717, 1.165) is 12.1 Å². The number of nitrogens with one attached hydrogen (secondary N) is 1. The van der Waals surface area contributed by atoms with Gasteiger partial charge >= 0.3 is 5.97 Å². The van der Waals surface area contributed by atoms with E-state index in [0.29, 0.717) is 0 Å². The van der Waals surface area contributed by atoms with Crippen molar-refractivity contribution < 1.29 is 19.1 Å². The molecule has 0 bridgehead atoms. The van der Waals surface area contributed by atoms with Gasteiger partial charge in [-0.15, -0.1) is 0 Å². The topological polar surface area (TPSA) is 66.4 Å². The molecule has 0 radical (unpaired) electrons. The largest absolute Gasteiger partial charge is 0.480 e. The molecule has 0 aliphatic carbocycles. The lowest BCUT2D eigenvalue weighted by molar-refractivity contribution is -0.135. The molecule has 0 atom stereocenters. The van der Waals surface area contributed by atoms with Crippen molar-refractivity contribution in [1.82, 2.24) is 5.32 Å². The first kappa shape index (κ1) is 12.7. The van der Waals surface area contributed by atoms with Crippen molar-refractivity contribution in [3.63, 3.8) is 0 Å². The van der Waals surface area contributed by atoms with Crippen LogP contribution in [-0.4, -0.2) is 23.5 Å². The van der Waals surface area contributed by atoms with Crippen LogP contribution in [0.5, 0.6) is 0 Å². The number of hydrogen-bond donors (Lipinski definition) is 2. The lowest BCUT2D eigenvalue weighted by Crippen LogP contribution is -2.29. The molecule has 4 nitrogen and oxygen atoms in total. The smallest absolute Gasteiger partial charge is 0.322 e. The second-order valence-electron chi connectivity index (χ2n) is 2.82. The molecule has 0 saturated carbocycles. The number of amides is 1. The third kappa shape index (κ3) is 3.08. The highest BCUT2D eigenvalue weighted by molar-refractivity contribution is 6.39. The molecule has 1 amide bonds. The summed E-state index contributed by atoms with van der Waals surface area (Å²) in [4.78, 5) is 21.7. The molecule has 1 rings (SSSR count). The predicted octanol–water partition coefficient (Wildman–Crippen LogP) is 1.95. The Morgan fingerprint density at radius 3 is 2.25 bits per heavy atom. The van der Waals surface area contributed by atoms with Crippen LogP contribution in [0.2, 0.25) is 10.0 Å². The Kier molecular flexibility index (Phi) is 4.09. The molecule has 0 unspecified atom stereocenters. The minimum Gasteiger partial charge on any atom is -0.480 e. The van der Waals surface area contributed by atoms with E-state index < -0.39 is 24.2 Å². The fourth-order valence-electron chi connectivity index (χ4n) is 1.00. The van der Waals surface area contributed by atoms with E-state index in [9.17, 15) is 14.0 Å². The normalized spacial score (nSPS) is 9.94. The number of carbonyl (C=O) groups is 2. The maximum atomic E-state index is 12.8. The van der Waals surface area contributed by atoms with Crippen LogP contribution in [0.4, 0.5) is 4.39 Å². The van der Waals surface area contributed by atoms with Crippen molar-refractivity contribution in [1.29, 1.82) is 0 Å². The minimum atomic E-state index is -1.21. The zero-order chi connectivity index (χ0) is 12.3. The Hall–Kier alpha value is -1.33. The highest BCUT2D eigenvalue weighted by atomic mass is 35.5. The van der Waals surface area contributed by atoms with Gasteiger partial charge in [-0.05, 0) is 12.1 Å². The highest BCUT2D eigenvalue weighted by Gasteiger charge is 2.16. The van der Waals surface area contributed by atoms with Crippen molar-refractivity contribution in [3.8, 4) is 0 Å². The lowest BCUT2D eigenvalue weighted by Gasteiger charge is -2.06. The standard InChI is InChI=1S/C9H6Cl2FNO3/c10-5-1-4(12)2-6(11)8(5)9(16)13-3-7(14)15/h1-2H,3H2,(H,13,16)(H,14,15). The molecule has 1 aromatic rings. The van der Waals surface area contributed by atoms with Crippen LogP contribution < -0.4 is 5.32 Å². The number of carbonyl (C=O) groups excluding carboxylic acids is 1. The summed E-state index contributed by atoms with van der Waals surface area (Å²) in [6.45, 7) is -0.567. The summed E-state index contributed by atoms with van der Waals surface area (Å²) < 4.78 is 12.8. The molecule has 0 heterocycles. The molecule has 86 valence electrons. The third-order valence-electron chi connectivity index (χ3n) is 1.63. The van der Waals surface area contributed by atoms with Crippen molar-refractivity contribution in [2.24, 2.45) is 0 Å². The van der Waals surface area contributed by atoms with Crippen molar-refractivity contribution in [2.45, 2.75) is 0 Å². The van der Waals surface area contributed by atoms with Gasteiger partial charge in [-0.3, -0.25) is 9.59 Å². The number of aliphatic carboxylic acids is 1. The van der Waals surface area contributed by atoms with Crippen LogP contribution >= 0.6 is 23.2 Å². The first-order valence-electron chi connectivity index (χ1n) is 4.06. The highest BCUT2D eigenvalue weighted by Crippen LogP contribution is 2.25. The van der Waals surface area contributed by atoms with Gasteiger partial charge in [0, 0.05) is 0 Å². The summed E-state index contributed by atoms with van der Waals surface area (Å²) in [6.07, 6.45) is 0. The lowest BCUT2D eigenvalue weighted by atomic mass is 10.2. The quantitative estimate of drug-likeness (QED) is 0.878. The maximum absolute atomic E-state index is 12.8. The summed E-state index contributed by atoms with van der Waals surface area (Å²) in [5.74, 6) is -2.65. The predicted molar refractivity (Wildman–Crippen MR) is 56.4 cm³/mol. The molecule has 0 aliphatic rings. The van der Waals surface area contributed by atoms with Crippen LogP contribution in [0.1, 0.15) is 10.4 Å². The van der Waals surface area contributed by atoms with E-state index in [1.54, 1.807) is 0 Å². The number of carboxylic acid groups (broad SMARTS) is 1. The maximum Gasteiger partial charge on any atom is 0.322 e. The summed E-state index contributed by atoms with van der Waals surface area (Å²) in [5.41, 5.74) is -0.147. The Morgan fingerprint density at radius 1 is 1.31 bits per heavy atom. The zero-order valence-corrected chi connectivity index (χ0v) is 9.27. The summed E-state index contributed by atoms with van der Waals surface area (Å²) in [5, 5.41) is 10.1. The third-order valence-corrected chi connectivity index (χ3v) is 2.23. The zero-order valence-electron chi connectivity index (χ0n) is 7.76. The number of halogens is 3. The number of rotatable bonds is 3. The van der Waals surface area contributed by atoms with Crippen LogP contribution in [0.15, 0.2) is 12.1 Å². The molecule has 16 heavy (non-hydrogen) atoms. The van der Waals surface area contributed by atoms with E-state index in [-0.39, 0.29) is 15.6 Å². The number of benzene rings is 1. The van der Waals surface area contributed by atoms with E-state index in [2.05, 4.69) is 5.32 Å². The fraction of sp³-hybridized carbons (Fsp3) is 0.111. The molecule has 0 spiro atoms. The Labute approximate surface area is 100.0 Å². The van der Waals surface area contributed by atoms with Gasteiger partial charge in [0.1, 0.15) is 12.4 Å². The first-order chi connectivity index (χ1) is 7.41. The van der Waals surface area contributed by atoms with Gasteiger partial charge in [-0.25, -0.2) is 4.39 Å². The fourth-order valence-corrected chi connectivity index (χ4v) is 1.64. The molecular formula is C9H6Cl2FNO3. The van der Waals surface area contributed by atoms with E-state index in [1.807, 2.05) is 0 Å². The van der Waals surface area contributed by atoms with Gasteiger partial charge in [0.2, 0.25) is 0 Å². The van der Waals surface area contributed by atoms with Gasteiger partial charge in [-0.1, -0.05) is 23.2 Å². The van der Waals surface area contributed by atoms with Gasteiger partial charge in [0.25, 0.3) is 5.91 Å². The van der Waals surface area contributed by atoms with Gasteiger partial charge in [0.05, 0.1) is 15.6 Å². The summed E-state index contributed by atoms with van der Waals surface area (Å²) >= 11 is 11.2. The summed E-state index contributed by atoms with van der Waals surface area (Å²) in [7, 11) is 0. The second-order valence-corrected chi connectivity index (χ2v) is 3.64. The number of carboxylic acids is 1. The minimum absolute atomic E-state index is 0.147. The SMILES string of the molecule is O=C(O)CNC(=O)c1c(Cl)cc(F)cc1Cl. The average Bonchev–Trinajstić information content (AvgIpc) is 2.12. The second kappa shape index (κ2) is 5.14. The molecule has 0 saturated heterocycles. The van der Waals surface area contributed by atoms with E-state index >= 15 is 0 Å². The Morgan fingerprint density at radius 2 is 1.81 bits per heavy atom. The summed E-state index contributed by atoms with van der Waals surface area (Å²) in [6, 6.07) is 1.84. The van der Waals surface area contributed by atoms with Gasteiger partial charge in [0.15, 0.2) is 0 Å². The van der Waals surface area contributed by atoms with E-state index in [4.69, 9.17) is 28.3 Å². The van der Waals surface area contributed by atoms with Crippen LogP contribution in [-0.2, 0) is 4.79 Å². The molecule has 0 fully saturated rings. The average molecular weight is 266 g/mol. The molecule has 2 N–H and O–H groups in total. The first-order valence-corrected chi connectivity index (χ1v) is 4.82. The van der Waals surface area contributed by atoms with Crippen molar-refractivity contribution >= 4 is 35.1 Å². The molecule has 0 aliphatic heterocycles. The Bertz CT molecular complexity index is 427. The van der Waals surface area contributed by atoms with Crippen LogP contribution in [0.3, 0.4) is 0 Å².